The molecule has 2 aromatic carbocycles. The summed E-state index contributed by atoms with van der Waals surface area (Å²) in [4.78, 5) is 13.5. The Balaban J connectivity index is 1.96. The van der Waals surface area contributed by atoms with Crippen LogP contribution in [0.4, 0.5) is 4.39 Å². The van der Waals surface area contributed by atoms with Crippen LogP contribution in [0.3, 0.4) is 0 Å². The zero-order valence-corrected chi connectivity index (χ0v) is 18.0. The maximum atomic E-state index is 13.3. The van der Waals surface area contributed by atoms with Gasteiger partial charge in [0, 0.05) is 24.7 Å². The van der Waals surface area contributed by atoms with Gasteiger partial charge in [-0.1, -0.05) is 12.1 Å². The zero-order valence-electron chi connectivity index (χ0n) is 18.0. The van der Waals surface area contributed by atoms with Gasteiger partial charge in [0.05, 0.1) is 26.8 Å². The number of rotatable bonds is 8. The Bertz CT molecular complexity index is 872. The average molecular weight is 418 g/mol. The second kappa shape index (κ2) is 9.91. The normalized spacial score (nSPS) is 19.0. The number of carbonyl (C=O) groups excluding carboxylic acids is 1. The zero-order chi connectivity index (χ0) is 21.7. The lowest BCUT2D eigenvalue weighted by atomic mass is 9.87. The molecule has 0 aliphatic carbocycles. The molecule has 0 aromatic heterocycles. The standard InChI is InChI=1S/C23H29FN2O4/c1-15(25-22(27)14-28-2)23-19-12-21(30-4)20(29-3)11-17(19)9-10-26(23)13-16-5-7-18(24)8-6-16/h5-8,11-12,15,23H,9-10,13-14H2,1-4H3,(H,25,27)/p+1/t15-,23-/m0/s1. The van der Waals surface area contributed by atoms with Crippen LogP contribution < -0.4 is 19.7 Å². The summed E-state index contributed by atoms with van der Waals surface area (Å²) < 4.78 is 29.3. The van der Waals surface area contributed by atoms with E-state index >= 15 is 0 Å². The molecule has 0 saturated heterocycles. The number of quaternary nitrogens is 1. The summed E-state index contributed by atoms with van der Waals surface area (Å²) in [5, 5.41) is 3.07. The molecule has 0 radical (unpaired) electrons. The third kappa shape index (κ3) is 4.91. The summed E-state index contributed by atoms with van der Waals surface area (Å²) >= 11 is 0. The lowest BCUT2D eigenvalue weighted by molar-refractivity contribution is -0.948. The van der Waals surface area contributed by atoms with E-state index in [-0.39, 0.29) is 30.4 Å². The number of carbonyl (C=O) groups is 1. The summed E-state index contributed by atoms with van der Waals surface area (Å²) in [5.41, 5.74) is 3.37. The summed E-state index contributed by atoms with van der Waals surface area (Å²) in [6.45, 7) is 3.63. The number of nitrogens with one attached hydrogen (secondary N) is 2. The first-order valence-corrected chi connectivity index (χ1v) is 10.1. The van der Waals surface area contributed by atoms with E-state index in [9.17, 15) is 9.18 Å². The highest BCUT2D eigenvalue weighted by atomic mass is 19.1. The van der Waals surface area contributed by atoms with Gasteiger partial charge in [-0.2, -0.15) is 0 Å². The van der Waals surface area contributed by atoms with E-state index in [1.165, 1.54) is 29.7 Å². The van der Waals surface area contributed by atoms with Crippen molar-refractivity contribution in [3.05, 3.63) is 58.9 Å². The van der Waals surface area contributed by atoms with Crippen LogP contribution in [-0.2, 0) is 22.5 Å². The van der Waals surface area contributed by atoms with Gasteiger partial charge in [0.15, 0.2) is 11.5 Å². The van der Waals surface area contributed by atoms with Crippen molar-refractivity contribution in [1.82, 2.24) is 5.32 Å². The minimum Gasteiger partial charge on any atom is -0.493 e. The summed E-state index contributed by atoms with van der Waals surface area (Å²) in [7, 11) is 4.75. The number of benzene rings is 2. The van der Waals surface area contributed by atoms with Gasteiger partial charge in [-0.15, -0.1) is 0 Å². The highest BCUT2D eigenvalue weighted by molar-refractivity contribution is 5.77. The first-order chi connectivity index (χ1) is 14.5. The number of hydrogen-bond acceptors (Lipinski definition) is 4. The summed E-state index contributed by atoms with van der Waals surface area (Å²) in [6.07, 6.45) is 0.876. The molecular weight excluding hydrogens is 387 g/mol. The fourth-order valence-corrected chi connectivity index (χ4v) is 4.31. The lowest BCUT2D eigenvalue weighted by Crippen LogP contribution is -3.13. The summed E-state index contributed by atoms with van der Waals surface area (Å²) in [5.74, 6) is 0.970. The van der Waals surface area contributed by atoms with Crippen molar-refractivity contribution in [3.63, 3.8) is 0 Å². The minimum atomic E-state index is -0.244. The Morgan fingerprint density at radius 1 is 1.17 bits per heavy atom. The molecule has 1 aliphatic heterocycles. The number of amides is 1. The van der Waals surface area contributed by atoms with Crippen molar-refractivity contribution >= 4 is 5.91 Å². The fourth-order valence-electron chi connectivity index (χ4n) is 4.31. The molecule has 30 heavy (non-hydrogen) atoms. The smallest absolute Gasteiger partial charge is 0.246 e. The van der Waals surface area contributed by atoms with Gasteiger partial charge in [0.2, 0.25) is 5.91 Å². The monoisotopic (exact) mass is 417 g/mol. The van der Waals surface area contributed by atoms with E-state index in [1.54, 1.807) is 14.2 Å². The Kier molecular flexibility index (Phi) is 7.29. The van der Waals surface area contributed by atoms with Gasteiger partial charge in [0.25, 0.3) is 0 Å². The number of hydrogen-bond donors (Lipinski definition) is 2. The molecule has 3 rings (SSSR count). The number of halogens is 1. The third-order valence-electron chi connectivity index (χ3n) is 5.64. The molecule has 1 heterocycles. The largest absolute Gasteiger partial charge is 0.493 e. The summed E-state index contributed by atoms with van der Waals surface area (Å²) in [6, 6.07) is 10.5. The molecule has 2 aromatic rings. The van der Waals surface area contributed by atoms with Gasteiger partial charge in [-0.25, -0.2) is 4.39 Å². The molecule has 1 amide bonds. The maximum Gasteiger partial charge on any atom is 0.246 e. The van der Waals surface area contributed by atoms with E-state index in [4.69, 9.17) is 14.2 Å². The second-order valence-corrected chi connectivity index (χ2v) is 7.63. The van der Waals surface area contributed by atoms with E-state index in [1.807, 2.05) is 31.2 Å². The van der Waals surface area contributed by atoms with Crippen molar-refractivity contribution in [2.45, 2.75) is 32.0 Å². The van der Waals surface area contributed by atoms with Crippen LogP contribution in [0, 0.1) is 5.82 Å². The molecule has 6 nitrogen and oxygen atoms in total. The molecule has 0 bridgehead atoms. The predicted octanol–water partition coefficient (Wildman–Crippen LogP) is 1.68. The molecule has 0 fully saturated rings. The first-order valence-electron chi connectivity index (χ1n) is 10.1. The molecule has 0 spiro atoms. The van der Waals surface area contributed by atoms with Crippen LogP contribution in [0.5, 0.6) is 11.5 Å². The van der Waals surface area contributed by atoms with Gasteiger partial charge < -0.3 is 24.4 Å². The molecule has 162 valence electrons. The Labute approximate surface area is 176 Å². The highest BCUT2D eigenvalue weighted by Crippen LogP contribution is 2.35. The van der Waals surface area contributed by atoms with E-state index in [0.717, 1.165) is 30.6 Å². The van der Waals surface area contributed by atoms with Crippen LogP contribution in [0.2, 0.25) is 0 Å². The Morgan fingerprint density at radius 2 is 1.83 bits per heavy atom. The molecule has 0 saturated carbocycles. The van der Waals surface area contributed by atoms with Crippen LogP contribution in [0.25, 0.3) is 0 Å². The van der Waals surface area contributed by atoms with Crippen molar-refractivity contribution in [1.29, 1.82) is 0 Å². The van der Waals surface area contributed by atoms with E-state index < -0.39 is 0 Å². The van der Waals surface area contributed by atoms with Crippen LogP contribution in [-0.4, -0.2) is 46.4 Å². The van der Waals surface area contributed by atoms with Gasteiger partial charge >= 0.3 is 0 Å². The van der Waals surface area contributed by atoms with Crippen molar-refractivity contribution in [2.75, 3.05) is 34.5 Å². The van der Waals surface area contributed by atoms with Gasteiger partial charge in [-0.3, -0.25) is 4.79 Å². The van der Waals surface area contributed by atoms with Crippen molar-refractivity contribution < 1.29 is 28.3 Å². The number of fused-ring (bicyclic) bond motifs is 1. The Hall–Kier alpha value is -2.64. The highest BCUT2D eigenvalue weighted by Gasteiger charge is 2.37. The van der Waals surface area contributed by atoms with Gasteiger partial charge in [-0.05, 0) is 36.8 Å². The van der Waals surface area contributed by atoms with E-state index in [0.29, 0.717) is 11.5 Å². The molecular formula is C23H30FN2O4+. The topological polar surface area (TPSA) is 61.2 Å². The predicted molar refractivity (Wildman–Crippen MR) is 111 cm³/mol. The molecule has 1 aliphatic rings. The Morgan fingerprint density at radius 3 is 2.47 bits per heavy atom. The minimum absolute atomic E-state index is 0.000541. The van der Waals surface area contributed by atoms with Crippen molar-refractivity contribution in [3.8, 4) is 11.5 Å². The SMILES string of the molecule is COCC(=O)N[C@@H](C)[C@H]1c2cc(OC)c(OC)cc2CC[NH+]1Cc1ccc(F)cc1. The fraction of sp³-hybridized carbons (Fsp3) is 0.435. The maximum absolute atomic E-state index is 13.3. The van der Waals surface area contributed by atoms with Crippen LogP contribution >= 0.6 is 0 Å². The quantitative estimate of drug-likeness (QED) is 0.686. The second-order valence-electron chi connectivity index (χ2n) is 7.63. The molecule has 7 heteroatoms. The van der Waals surface area contributed by atoms with Crippen LogP contribution in [0.15, 0.2) is 36.4 Å². The first kappa shape index (κ1) is 22.1. The third-order valence-corrected chi connectivity index (χ3v) is 5.64. The molecule has 2 N–H and O–H groups in total. The molecule has 3 atom stereocenters. The van der Waals surface area contributed by atoms with E-state index in [2.05, 4.69) is 5.32 Å². The number of methoxy groups -OCH3 is 3. The van der Waals surface area contributed by atoms with Crippen LogP contribution in [0.1, 0.15) is 29.7 Å². The van der Waals surface area contributed by atoms with Crippen molar-refractivity contribution in [2.24, 2.45) is 0 Å². The molecule has 1 unspecified atom stereocenters. The average Bonchev–Trinajstić information content (AvgIpc) is 2.74. The lowest BCUT2D eigenvalue weighted by Gasteiger charge is -2.38. The van der Waals surface area contributed by atoms with Gasteiger partial charge in [0.1, 0.15) is 25.0 Å². The number of ether oxygens (including phenoxy) is 3.